The van der Waals surface area contributed by atoms with Crippen molar-refractivity contribution in [2.75, 3.05) is 7.11 Å². The van der Waals surface area contributed by atoms with Gasteiger partial charge >= 0.3 is 5.97 Å². The van der Waals surface area contributed by atoms with E-state index in [4.69, 9.17) is 0 Å². The van der Waals surface area contributed by atoms with Gasteiger partial charge in [-0.25, -0.2) is 0 Å². The molecule has 0 spiro atoms. The first kappa shape index (κ1) is 32.0. The molecule has 0 aromatic carbocycles. The van der Waals surface area contributed by atoms with Crippen molar-refractivity contribution in [1.29, 1.82) is 0 Å². The summed E-state index contributed by atoms with van der Waals surface area (Å²) in [6, 6.07) is 0. The van der Waals surface area contributed by atoms with E-state index in [9.17, 15) is 14.4 Å². The number of methoxy groups -OCH3 is 1. The molecule has 0 atom stereocenters. The Bertz CT molecular complexity index is 429. The van der Waals surface area contributed by atoms with E-state index >= 15 is 0 Å². The van der Waals surface area contributed by atoms with Crippen LogP contribution in [-0.2, 0) is 19.1 Å². The van der Waals surface area contributed by atoms with Crippen molar-refractivity contribution >= 4 is 17.5 Å². The van der Waals surface area contributed by atoms with Gasteiger partial charge in [0.05, 0.1) is 7.11 Å². The quantitative estimate of drug-likeness (QED) is 0.142. The van der Waals surface area contributed by atoms with Crippen LogP contribution in [0.25, 0.3) is 0 Å². The van der Waals surface area contributed by atoms with Crippen molar-refractivity contribution in [2.24, 2.45) is 5.92 Å². The molecule has 4 nitrogen and oxygen atoms in total. The maximum Gasteiger partial charge on any atom is 0.305 e. The number of esters is 1. The smallest absolute Gasteiger partial charge is 0.305 e. The van der Waals surface area contributed by atoms with Gasteiger partial charge in [0.1, 0.15) is 11.6 Å². The van der Waals surface area contributed by atoms with Gasteiger partial charge in [0, 0.05) is 25.2 Å². The van der Waals surface area contributed by atoms with Crippen molar-refractivity contribution in [3.8, 4) is 0 Å². The zero-order valence-electron chi connectivity index (χ0n) is 21.4. The van der Waals surface area contributed by atoms with Gasteiger partial charge in [0.25, 0.3) is 0 Å². The number of carbonyl (C=O) groups excluding carboxylic acids is 3. The Hall–Kier alpha value is -1.19. The molecule has 4 heteroatoms. The summed E-state index contributed by atoms with van der Waals surface area (Å²) < 4.78 is 4.63. The van der Waals surface area contributed by atoms with Crippen LogP contribution in [0.1, 0.15) is 143 Å². The Morgan fingerprint density at radius 3 is 1.32 bits per heavy atom. The molecule has 0 aliphatic carbocycles. The number of rotatable bonds is 20. The molecule has 0 radical (unpaired) electrons. The second kappa shape index (κ2) is 25.1. The van der Waals surface area contributed by atoms with Crippen molar-refractivity contribution in [1.82, 2.24) is 0 Å². The Morgan fingerprint density at radius 1 is 0.613 bits per heavy atom. The van der Waals surface area contributed by atoms with Gasteiger partial charge in [-0.1, -0.05) is 111 Å². The number of ether oxygens (including phenoxy) is 1. The molecule has 184 valence electrons. The lowest BCUT2D eigenvalue weighted by atomic mass is 10.0. The maximum absolute atomic E-state index is 10.9. The topological polar surface area (TPSA) is 60.4 Å². The summed E-state index contributed by atoms with van der Waals surface area (Å²) in [6.07, 6.45) is 21.7. The van der Waals surface area contributed by atoms with E-state index in [1.54, 1.807) is 0 Å². The van der Waals surface area contributed by atoms with E-state index in [0.29, 0.717) is 19.3 Å². The molecule has 0 saturated carbocycles. The third-order valence-corrected chi connectivity index (χ3v) is 5.58. The number of hydrogen-bond acceptors (Lipinski definition) is 4. The summed E-state index contributed by atoms with van der Waals surface area (Å²) in [4.78, 5) is 32.2. The Labute approximate surface area is 193 Å². The maximum atomic E-state index is 10.9. The summed E-state index contributed by atoms with van der Waals surface area (Å²) in [5.41, 5.74) is 0. The Morgan fingerprint density at radius 2 is 1.00 bits per heavy atom. The molecule has 0 aliphatic rings. The fourth-order valence-electron chi connectivity index (χ4n) is 3.33. The largest absolute Gasteiger partial charge is 0.469 e. The molecule has 0 unspecified atom stereocenters. The molecule has 0 amide bonds. The van der Waals surface area contributed by atoms with Gasteiger partial charge in [-0.15, -0.1) is 0 Å². The predicted molar refractivity (Wildman–Crippen MR) is 131 cm³/mol. The first-order valence-electron chi connectivity index (χ1n) is 12.9. The van der Waals surface area contributed by atoms with Crippen LogP contribution in [-0.4, -0.2) is 24.6 Å². The number of ketones is 2. The summed E-state index contributed by atoms with van der Waals surface area (Å²) >= 11 is 0. The average Bonchev–Trinajstić information content (AvgIpc) is 2.74. The monoisotopic (exact) mass is 440 g/mol. The van der Waals surface area contributed by atoms with Gasteiger partial charge in [-0.3, -0.25) is 9.59 Å². The summed E-state index contributed by atoms with van der Waals surface area (Å²) in [5.74, 6) is 0.272. The Kier molecular flexibility index (Phi) is 25.9. The number of hydrogen-bond donors (Lipinski definition) is 0. The van der Waals surface area contributed by atoms with Crippen LogP contribution in [0.15, 0.2) is 0 Å². The van der Waals surface area contributed by atoms with Crippen LogP contribution in [0.3, 0.4) is 0 Å². The highest BCUT2D eigenvalue weighted by Crippen LogP contribution is 2.13. The third-order valence-electron chi connectivity index (χ3n) is 5.58. The molecule has 0 aromatic heterocycles. The van der Waals surface area contributed by atoms with Crippen LogP contribution >= 0.6 is 0 Å². The molecule has 0 heterocycles. The van der Waals surface area contributed by atoms with Crippen molar-refractivity contribution in [3.05, 3.63) is 0 Å². The van der Waals surface area contributed by atoms with E-state index in [2.05, 4.69) is 11.7 Å². The molecule has 0 saturated heterocycles. The van der Waals surface area contributed by atoms with Gasteiger partial charge in [0.2, 0.25) is 0 Å². The molecule has 0 aliphatic heterocycles. The van der Waals surface area contributed by atoms with Crippen LogP contribution in [0.4, 0.5) is 0 Å². The van der Waals surface area contributed by atoms with Crippen molar-refractivity contribution in [2.45, 2.75) is 143 Å². The fourth-order valence-corrected chi connectivity index (χ4v) is 3.33. The average molecular weight is 441 g/mol. The number of carbonyl (C=O) groups is 3. The minimum absolute atomic E-state index is 0.0651. The molecule has 0 fully saturated rings. The standard InChI is InChI=1S/C19H38O2.C8H14O2/c1-3-4-5-6-7-8-9-10-11-12-13-14-15-16-17-18-19(20)21-2;1-6(2)8(10)5-4-7(3)9/h3-18H2,1-2H3;6H,4-5H2,1-3H3. The van der Waals surface area contributed by atoms with Crippen LogP contribution in [0.5, 0.6) is 0 Å². The highest BCUT2D eigenvalue weighted by Gasteiger charge is 2.07. The van der Waals surface area contributed by atoms with Crippen molar-refractivity contribution < 1.29 is 19.1 Å². The first-order valence-corrected chi connectivity index (χ1v) is 12.9. The molecule has 0 N–H and O–H groups in total. The van der Waals surface area contributed by atoms with E-state index < -0.39 is 0 Å². The van der Waals surface area contributed by atoms with E-state index in [1.807, 2.05) is 13.8 Å². The molecule has 0 bridgehead atoms. The lowest BCUT2D eigenvalue weighted by molar-refractivity contribution is -0.140. The minimum atomic E-state index is -0.0651. The number of unbranched alkanes of at least 4 members (excludes halogenated alkanes) is 14. The number of Topliss-reactive ketones (excluding diaryl/α,β-unsaturated/α-hetero) is 2. The van der Waals surface area contributed by atoms with Gasteiger partial charge in [0.15, 0.2) is 0 Å². The fraction of sp³-hybridized carbons (Fsp3) is 0.889. The zero-order valence-corrected chi connectivity index (χ0v) is 21.4. The SMILES string of the molecule is CC(=O)CCC(=O)C(C)C.CCCCCCCCCCCCCCCCCC(=O)OC. The summed E-state index contributed by atoms with van der Waals surface area (Å²) in [5, 5.41) is 0. The van der Waals surface area contributed by atoms with Gasteiger partial charge < -0.3 is 9.53 Å². The van der Waals surface area contributed by atoms with Crippen LogP contribution in [0.2, 0.25) is 0 Å². The summed E-state index contributed by atoms with van der Waals surface area (Å²) in [6.45, 7) is 7.48. The van der Waals surface area contributed by atoms with Crippen LogP contribution < -0.4 is 0 Å². The van der Waals surface area contributed by atoms with E-state index in [1.165, 1.54) is 104 Å². The molecule has 0 aromatic rings. The molecule has 0 rings (SSSR count). The lowest BCUT2D eigenvalue weighted by Gasteiger charge is -2.03. The zero-order chi connectivity index (χ0) is 23.7. The lowest BCUT2D eigenvalue weighted by Crippen LogP contribution is -2.08. The normalized spacial score (nSPS) is 10.5. The van der Waals surface area contributed by atoms with Crippen LogP contribution in [0, 0.1) is 5.92 Å². The second-order valence-corrected chi connectivity index (χ2v) is 9.10. The second-order valence-electron chi connectivity index (χ2n) is 9.10. The van der Waals surface area contributed by atoms with E-state index in [-0.39, 0.29) is 23.5 Å². The molecule has 31 heavy (non-hydrogen) atoms. The molecular formula is C27H52O4. The van der Waals surface area contributed by atoms with Crippen molar-refractivity contribution in [3.63, 3.8) is 0 Å². The van der Waals surface area contributed by atoms with Gasteiger partial charge in [-0.05, 0) is 13.3 Å². The Balaban J connectivity index is 0. The van der Waals surface area contributed by atoms with E-state index in [0.717, 1.165) is 6.42 Å². The highest BCUT2D eigenvalue weighted by molar-refractivity contribution is 5.85. The highest BCUT2D eigenvalue weighted by atomic mass is 16.5. The first-order chi connectivity index (χ1) is 14.8. The van der Waals surface area contributed by atoms with Gasteiger partial charge in [-0.2, -0.15) is 0 Å². The summed E-state index contributed by atoms with van der Waals surface area (Å²) in [7, 11) is 1.47. The third kappa shape index (κ3) is 28.8. The predicted octanol–water partition coefficient (Wildman–Crippen LogP) is 8.00. The molecular weight excluding hydrogens is 388 g/mol. The minimum Gasteiger partial charge on any atom is -0.469 e.